The Hall–Kier alpha value is -7.02. The van der Waals surface area contributed by atoms with Crippen molar-refractivity contribution in [3.63, 3.8) is 0 Å². The van der Waals surface area contributed by atoms with E-state index in [0.29, 0.717) is 44.3 Å². The molecule has 3 aliphatic heterocycles. The third kappa shape index (κ3) is 14.6. The highest BCUT2D eigenvalue weighted by Gasteiger charge is 2.73. The predicted molar refractivity (Wildman–Crippen MR) is 319 cm³/mol. The molecule has 3 saturated heterocycles. The molecule has 3 heterocycles. The number of carbonyl (C=O) groups excluding carboxylic acids is 9. The molecule has 1 unspecified atom stereocenters. The minimum Gasteiger partial charge on any atom is -0.481 e. The lowest BCUT2D eigenvalue weighted by molar-refractivity contribution is -0.376. The summed E-state index contributed by atoms with van der Waals surface area (Å²) in [7, 11) is 0. The second-order valence-corrected chi connectivity index (χ2v) is 29.0. The summed E-state index contributed by atoms with van der Waals surface area (Å²) in [5.74, 6) is -14.5. The van der Waals surface area contributed by atoms with E-state index < -0.39 is 215 Å². The van der Waals surface area contributed by atoms with Gasteiger partial charge in [0.25, 0.3) is 0 Å². The highest BCUT2D eigenvalue weighted by atomic mass is 16.8. The number of rotatable bonds is 19. The van der Waals surface area contributed by atoms with Crippen molar-refractivity contribution in [2.45, 2.75) is 267 Å². The number of carboxylic acids is 3. The van der Waals surface area contributed by atoms with Crippen LogP contribution in [-0.2, 0) is 129 Å². The Kier molecular flexibility index (Phi) is 21.9. The fourth-order valence-electron chi connectivity index (χ4n) is 17.8. The standard InChI is InChI=1S/C66H92O30/c1-28(67)82-27-40-43(83-29(2)68)44(84-30(3)69)53(96-59-52(90-36(9)75)48(88-34(7)73)46(86-32(5)71)50(95-59)56(78)79)57(92-40)93-42-18-19-64(14)41(61(42,10)11)17-20-66(16)54(64)39(25-37-38-26-63(13,60(80)81)22-21-62(38,12)23-24-65(37,66)15)91-58-51(89-35(8)74)47(87-33(6)72)45(85-31(4)70)49(94-58)55(76)77/h25,37-38,40-54,57-59H,17-24,26-27H2,1-16H3,(H,76,77)(H,78,79)(H,80,81)/t37?,38-,40-,41+,42+,43+,44+,45+,46+,47+,48+,49+,50+,51-,52-,53-,54-,57+,58+,59+,62-,63+,64+,65-,66-/m1/s1. The topological polar surface area (TPSA) is 404 Å². The molecule has 5 aliphatic carbocycles. The molecular weight excluding hydrogens is 1270 g/mol. The zero-order valence-electron chi connectivity index (χ0n) is 57.1. The van der Waals surface area contributed by atoms with Crippen molar-refractivity contribution in [3.8, 4) is 0 Å². The molecule has 0 amide bonds. The lowest BCUT2D eigenvalue weighted by Gasteiger charge is -2.72. The number of fused-ring (bicyclic) bond motifs is 7. The molecule has 3 N–H and O–H groups in total. The molecule has 0 radical (unpaired) electrons. The van der Waals surface area contributed by atoms with E-state index in [1.54, 1.807) is 6.92 Å². The van der Waals surface area contributed by atoms with Gasteiger partial charge in [-0.2, -0.15) is 0 Å². The van der Waals surface area contributed by atoms with E-state index in [0.717, 1.165) is 68.7 Å². The third-order valence-electron chi connectivity index (χ3n) is 22.1. The molecule has 25 atom stereocenters. The molecule has 30 heteroatoms. The van der Waals surface area contributed by atoms with Crippen LogP contribution in [0.15, 0.2) is 11.8 Å². The smallest absolute Gasteiger partial charge is 0.337 e. The Morgan fingerprint density at radius 2 is 0.896 bits per heavy atom. The second-order valence-electron chi connectivity index (χ2n) is 29.0. The monoisotopic (exact) mass is 1360 g/mol. The highest BCUT2D eigenvalue weighted by Crippen LogP contribution is 2.77. The maximum Gasteiger partial charge on any atom is 0.337 e. The van der Waals surface area contributed by atoms with Crippen molar-refractivity contribution in [1.82, 2.24) is 0 Å². The van der Waals surface area contributed by atoms with Crippen molar-refractivity contribution in [2.24, 2.45) is 56.2 Å². The van der Waals surface area contributed by atoms with Gasteiger partial charge in [-0.1, -0.05) is 41.5 Å². The fraction of sp³-hybridized carbons (Fsp3) is 0.788. The van der Waals surface area contributed by atoms with Gasteiger partial charge in [-0.05, 0) is 116 Å². The SMILES string of the molecule is CC(=O)OC[C@H]1O[C@@H](O[C@H]2CC[C@]3(C)[C@H]4C(O[C@H]5O[C@H](C(=O)O)[C@@H](OC(C)=O)[C@H](OC(C)=O)[C@H]5OC(C)=O)=CC5[C@H]6C[C@@](C)(C(=O)O)CC[C@]6(C)CC[C@@]5(C)[C@]4(C)CC[C@H]3C2(C)C)[C@H](O[C@@H]2O[C@H](C(=O)O)[C@@H](OC(C)=O)[C@H](OC(C)=O)[C@H]2OC(C)=O)[C@@H](OC(C)=O)[C@H]1OC(C)=O. The zero-order chi connectivity index (χ0) is 71.4. The van der Waals surface area contributed by atoms with Crippen molar-refractivity contribution >= 4 is 71.6 Å². The van der Waals surface area contributed by atoms with Crippen LogP contribution in [-0.4, -0.2) is 192 Å². The highest BCUT2D eigenvalue weighted by molar-refractivity contribution is 5.77. The number of carboxylic acid groups (broad SMARTS) is 3. The van der Waals surface area contributed by atoms with E-state index in [4.69, 9.17) is 71.1 Å². The van der Waals surface area contributed by atoms with Gasteiger partial charge in [-0.15, -0.1) is 0 Å². The van der Waals surface area contributed by atoms with Crippen LogP contribution in [0.4, 0.5) is 0 Å². The Balaban J connectivity index is 1.27. The summed E-state index contributed by atoms with van der Waals surface area (Å²) in [6, 6.07) is 0. The van der Waals surface area contributed by atoms with E-state index in [9.17, 15) is 72.9 Å². The molecule has 0 aromatic carbocycles. The Morgan fingerprint density at radius 1 is 0.458 bits per heavy atom. The van der Waals surface area contributed by atoms with Crippen LogP contribution >= 0.6 is 0 Å². The largest absolute Gasteiger partial charge is 0.481 e. The van der Waals surface area contributed by atoms with Crippen LogP contribution in [0.25, 0.3) is 0 Å². The van der Waals surface area contributed by atoms with Gasteiger partial charge in [0.2, 0.25) is 18.7 Å². The van der Waals surface area contributed by atoms with Gasteiger partial charge in [0.15, 0.2) is 67.3 Å². The first-order valence-electron chi connectivity index (χ1n) is 32.4. The van der Waals surface area contributed by atoms with Crippen molar-refractivity contribution in [3.05, 3.63) is 11.8 Å². The molecule has 0 bridgehead atoms. The van der Waals surface area contributed by atoms with Crippen molar-refractivity contribution in [2.75, 3.05) is 6.61 Å². The normalized spacial score (nSPS) is 41.3. The Morgan fingerprint density at radius 3 is 1.38 bits per heavy atom. The Labute approximate surface area is 555 Å². The number of allylic oxidation sites excluding steroid dienone is 2. The molecule has 7 fully saturated rings. The van der Waals surface area contributed by atoms with Crippen molar-refractivity contribution < 1.29 is 144 Å². The van der Waals surface area contributed by atoms with Gasteiger partial charge in [-0.25, -0.2) is 9.59 Å². The Bertz CT molecular complexity index is 3100. The van der Waals surface area contributed by atoms with Gasteiger partial charge in [0.1, 0.15) is 18.5 Å². The molecular formula is C66H92O30. The predicted octanol–water partition coefficient (Wildman–Crippen LogP) is 5.20. The molecule has 4 saturated carbocycles. The molecule has 8 rings (SSSR count). The first-order chi connectivity index (χ1) is 44.5. The minimum absolute atomic E-state index is 0.149. The van der Waals surface area contributed by atoms with E-state index in [1.807, 2.05) is 19.9 Å². The van der Waals surface area contributed by atoms with Crippen LogP contribution < -0.4 is 0 Å². The number of aliphatic carboxylic acids is 3. The molecule has 0 aromatic heterocycles. The molecule has 536 valence electrons. The van der Waals surface area contributed by atoms with Gasteiger partial charge in [-0.3, -0.25) is 47.9 Å². The summed E-state index contributed by atoms with van der Waals surface area (Å²) in [5.41, 5.74) is -4.69. The maximum atomic E-state index is 13.4. The average Bonchev–Trinajstić information content (AvgIpc) is 0.671. The number of carbonyl (C=O) groups is 12. The van der Waals surface area contributed by atoms with E-state index in [-0.39, 0.29) is 30.1 Å². The van der Waals surface area contributed by atoms with E-state index >= 15 is 0 Å². The maximum absolute atomic E-state index is 13.4. The fourth-order valence-corrected chi connectivity index (χ4v) is 17.8. The summed E-state index contributed by atoms with van der Waals surface area (Å²) in [6.45, 7) is 22.8. The van der Waals surface area contributed by atoms with Crippen LogP contribution in [0.5, 0.6) is 0 Å². The molecule has 0 aromatic rings. The molecule has 30 nitrogen and oxygen atoms in total. The van der Waals surface area contributed by atoms with E-state index in [2.05, 4.69) is 27.7 Å². The first-order valence-corrected chi connectivity index (χ1v) is 32.4. The van der Waals surface area contributed by atoms with Crippen LogP contribution in [0.2, 0.25) is 0 Å². The van der Waals surface area contributed by atoms with Crippen LogP contribution in [0, 0.1) is 56.2 Å². The number of hydrogen-bond acceptors (Lipinski definition) is 27. The first kappa shape index (κ1) is 74.8. The van der Waals surface area contributed by atoms with Gasteiger partial charge < -0.3 is 86.4 Å². The van der Waals surface area contributed by atoms with Crippen LogP contribution in [0.3, 0.4) is 0 Å². The number of esters is 9. The minimum atomic E-state index is -2.21. The van der Waals surface area contributed by atoms with E-state index in [1.165, 1.54) is 0 Å². The van der Waals surface area contributed by atoms with Gasteiger partial charge in [0.05, 0.1) is 11.5 Å². The summed E-state index contributed by atoms with van der Waals surface area (Å²) in [6.07, 6.45) is -23.0. The quantitative estimate of drug-likeness (QED) is 0.0849. The van der Waals surface area contributed by atoms with Crippen LogP contribution in [0.1, 0.15) is 169 Å². The number of hydrogen-bond donors (Lipinski definition) is 3. The van der Waals surface area contributed by atoms with Gasteiger partial charge in [0, 0.05) is 68.2 Å². The van der Waals surface area contributed by atoms with Gasteiger partial charge >= 0.3 is 71.6 Å². The average molecular weight is 1370 g/mol. The summed E-state index contributed by atoms with van der Waals surface area (Å²) in [5, 5.41) is 32.2. The second kappa shape index (κ2) is 28.1. The molecule has 0 spiro atoms. The number of ether oxygens (including phenoxy) is 15. The lowest BCUT2D eigenvalue weighted by atomic mass is 9.32. The zero-order valence-corrected chi connectivity index (χ0v) is 57.1. The lowest BCUT2D eigenvalue weighted by Crippen LogP contribution is -2.69. The summed E-state index contributed by atoms with van der Waals surface area (Å²) >= 11 is 0. The van der Waals surface area contributed by atoms with Crippen molar-refractivity contribution in [1.29, 1.82) is 0 Å². The molecule has 96 heavy (non-hydrogen) atoms. The summed E-state index contributed by atoms with van der Waals surface area (Å²) in [4.78, 5) is 156. The third-order valence-corrected chi connectivity index (χ3v) is 22.1. The summed E-state index contributed by atoms with van der Waals surface area (Å²) < 4.78 is 90.7. The molecule has 8 aliphatic rings.